The number of rotatable bonds is 4. The number of hydrogen-bond acceptors (Lipinski definition) is 4. The van der Waals surface area contributed by atoms with Crippen LogP contribution >= 0.6 is 0 Å². The van der Waals surface area contributed by atoms with Crippen molar-refractivity contribution in [2.24, 2.45) is 0 Å². The molecule has 0 heterocycles. The van der Waals surface area contributed by atoms with Crippen molar-refractivity contribution < 1.29 is 4.74 Å². The van der Waals surface area contributed by atoms with Gasteiger partial charge in [-0.15, -0.1) is 0 Å². The molecule has 20 heavy (non-hydrogen) atoms. The average molecular weight is 263 g/mol. The highest BCUT2D eigenvalue weighted by Gasteiger charge is 2.11. The lowest BCUT2D eigenvalue weighted by Crippen LogP contribution is -2.08. The summed E-state index contributed by atoms with van der Waals surface area (Å²) in [6.45, 7) is 0. The number of hydrogen-bond donors (Lipinski definition) is 1. The Balaban J connectivity index is 2.24. The number of benzene rings is 2. The summed E-state index contributed by atoms with van der Waals surface area (Å²) in [5.74, 6) is 0.720. The van der Waals surface area contributed by atoms with Crippen LogP contribution in [0.4, 0.5) is 5.69 Å². The van der Waals surface area contributed by atoms with Gasteiger partial charge in [0, 0.05) is 11.8 Å². The molecule has 4 nitrogen and oxygen atoms in total. The van der Waals surface area contributed by atoms with Crippen molar-refractivity contribution in [2.75, 3.05) is 12.4 Å². The van der Waals surface area contributed by atoms with Crippen LogP contribution in [0.15, 0.2) is 48.5 Å². The summed E-state index contributed by atoms with van der Waals surface area (Å²) in [5, 5.41) is 21.3. The number of nitrogens with zero attached hydrogens (tertiary/aromatic N) is 2. The van der Waals surface area contributed by atoms with E-state index in [1.807, 2.05) is 30.3 Å². The van der Waals surface area contributed by atoms with Gasteiger partial charge in [-0.25, -0.2) is 0 Å². The smallest absolute Gasteiger partial charge is 0.140 e. The van der Waals surface area contributed by atoms with Gasteiger partial charge in [-0.1, -0.05) is 18.2 Å². The zero-order chi connectivity index (χ0) is 14.4. The van der Waals surface area contributed by atoms with Gasteiger partial charge in [0.2, 0.25) is 0 Å². The van der Waals surface area contributed by atoms with Crippen LogP contribution in [0.25, 0.3) is 0 Å². The lowest BCUT2D eigenvalue weighted by atomic mass is 10.0. The van der Waals surface area contributed by atoms with Crippen LogP contribution in [0, 0.1) is 22.7 Å². The van der Waals surface area contributed by atoms with E-state index in [4.69, 9.17) is 10.00 Å². The molecule has 4 heteroatoms. The van der Waals surface area contributed by atoms with Crippen LogP contribution in [0.2, 0.25) is 0 Å². The molecule has 0 aliphatic carbocycles. The molecule has 0 aliphatic rings. The Labute approximate surface area is 117 Å². The minimum atomic E-state index is -0.518. The van der Waals surface area contributed by atoms with Crippen molar-refractivity contribution in [1.29, 1.82) is 10.5 Å². The summed E-state index contributed by atoms with van der Waals surface area (Å²) in [7, 11) is 1.59. The molecule has 0 radical (unpaired) electrons. The molecule has 0 amide bonds. The van der Waals surface area contributed by atoms with Crippen molar-refractivity contribution in [2.45, 2.75) is 6.04 Å². The van der Waals surface area contributed by atoms with Crippen molar-refractivity contribution in [3.05, 3.63) is 59.7 Å². The molecule has 0 aliphatic heterocycles. The van der Waals surface area contributed by atoms with Crippen LogP contribution in [0.5, 0.6) is 5.75 Å². The molecule has 2 aromatic rings. The summed E-state index contributed by atoms with van der Waals surface area (Å²) in [5.41, 5.74) is 2.09. The van der Waals surface area contributed by atoms with Crippen LogP contribution in [0.3, 0.4) is 0 Å². The summed E-state index contributed by atoms with van der Waals surface area (Å²) >= 11 is 0. The van der Waals surface area contributed by atoms with E-state index < -0.39 is 6.04 Å². The number of ether oxygens (including phenoxy) is 1. The molecule has 0 saturated carbocycles. The summed E-state index contributed by atoms with van der Waals surface area (Å²) < 4.78 is 5.15. The lowest BCUT2D eigenvalue weighted by Gasteiger charge is -2.14. The molecule has 0 spiro atoms. The third-order valence-corrected chi connectivity index (χ3v) is 2.86. The zero-order valence-electron chi connectivity index (χ0n) is 11.0. The van der Waals surface area contributed by atoms with E-state index in [-0.39, 0.29) is 0 Å². The molecule has 0 aromatic heterocycles. The predicted molar refractivity (Wildman–Crippen MR) is 76.1 cm³/mol. The van der Waals surface area contributed by atoms with Crippen molar-refractivity contribution >= 4 is 5.69 Å². The van der Waals surface area contributed by atoms with Gasteiger partial charge in [0.25, 0.3) is 0 Å². The highest BCUT2D eigenvalue weighted by molar-refractivity contribution is 5.51. The first-order valence-electron chi connectivity index (χ1n) is 6.07. The fourth-order valence-corrected chi connectivity index (χ4v) is 1.86. The topological polar surface area (TPSA) is 68.8 Å². The Kier molecular flexibility index (Phi) is 4.21. The van der Waals surface area contributed by atoms with Gasteiger partial charge in [0.05, 0.1) is 24.8 Å². The highest BCUT2D eigenvalue weighted by atomic mass is 16.5. The second kappa shape index (κ2) is 6.26. The first kappa shape index (κ1) is 13.5. The van der Waals surface area contributed by atoms with Crippen LogP contribution < -0.4 is 10.1 Å². The van der Waals surface area contributed by atoms with Gasteiger partial charge in [0.15, 0.2) is 0 Å². The minimum Gasteiger partial charge on any atom is -0.497 e. The SMILES string of the molecule is COc1cccc(NC(C#N)c2cccc(C#N)c2)c1. The Morgan fingerprint density at radius 3 is 2.60 bits per heavy atom. The van der Waals surface area contributed by atoms with Gasteiger partial charge >= 0.3 is 0 Å². The predicted octanol–water partition coefficient (Wildman–Crippen LogP) is 3.24. The molecule has 1 N–H and O–H groups in total. The van der Waals surface area contributed by atoms with E-state index >= 15 is 0 Å². The second-order valence-electron chi connectivity index (χ2n) is 4.18. The van der Waals surface area contributed by atoms with Crippen molar-refractivity contribution in [1.82, 2.24) is 0 Å². The summed E-state index contributed by atoms with van der Waals surface area (Å²) in [6.07, 6.45) is 0. The van der Waals surface area contributed by atoms with Crippen molar-refractivity contribution in [3.8, 4) is 17.9 Å². The molecule has 0 saturated heterocycles. The van der Waals surface area contributed by atoms with E-state index in [1.165, 1.54) is 0 Å². The fraction of sp³-hybridized carbons (Fsp3) is 0.125. The normalized spacial score (nSPS) is 10.9. The molecule has 1 atom stereocenters. The molecule has 0 bridgehead atoms. The maximum atomic E-state index is 9.30. The van der Waals surface area contributed by atoms with E-state index in [9.17, 15) is 5.26 Å². The van der Waals surface area contributed by atoms with Crippen LogP contribution in [-0.4, -0.2) is 7.11 Å². The largest absolute Gasteiger partial charge is 0.497 e. The van der Waals surface area contributed by atoms with E-state index in [1.54, 1.807) is 25.3 Å². The van der Waals surface area contributed by atoms with Gasteiger partial charge in [0.1, 0.15) is 11.8 Å². The minimum absolute atomic E-state index is 0.518. The number of anilines is 1. The standard InChI is InChI=1S/C16H13N3O/c1-20-15-7-3-6-14(9-15)19-16(11-18)13-5-2-4-12(8-13)10-17/h2-9,16,19H,1H3. The Morgan fingerprint density at radius 1 is 1.10 bits per heavy atom. The third kappa shape index (κ3) is 3.07. The fourth-order valence-electron chi connectivity index (χ4n) is 1.86. The van der Waals surface area contributed by atoms with Gasteiger partial charge in [-0.2, -0.15) is 10.5 Å². The van der Waals surface area contributed by atoms with Gasteiger partial charge in [-0.05, 0) is 29.8 Å². The monoisotopic (exact) mass is 263 g/mol. The third-order valence-electron chi connectivity index (χ3n) is 2.86. The summed E-state index contributed by atoms with van der Waals surface area (Å²) in [6, 6.07) is 18.1. The molecule has 2 aromatic carbocycles. The Bertz CT molecular complexity index is 683. The molecule has 1 unspecified atom stereocenters. The van der Waals surface area contributed by atoms with Crippen LogP contribution in [0.1, 0.15) is 17.2 Å². The first-order chi connectivity index (χ1) is 9.76. The maximum Gasteiger partial charge on any atom is 0.140 e. The molecule has 98 valence electrons. The van der Waals surface area contributed by atoms with E-state index in [2.05, 4.69) is 17.5 Å². The number of methoxy groups -OCH3 is 1. The lowest BCUT2D eigenvalue weighted by molar-refractivity contribution is 0.415. The second-order valence-corrected chi connectivity index (χ2v) is 4.18. The number of nitriles is 2. The van der Waals surface area contributed by atoms with Crippen LogP contribution in [-0.2, 0) is 0 Å². The van der Waals surface area contributed by atoms with Gasteiger partial charge < -0.3 is 10.1 Å². The zero-order valence-corrected chi connectivity index (χ0v) is 11.0. The molecular formula is C16H13N3O. The summed E-state index contributed by atoms with van der Waals surface area (Å²) in [4.78, 5) is 0. The Hall–Kier alpha value is -2.98. The first-order valence-corrected chi connectivity index (χ1v) is 6.07. The maximum absolute atomic E-state index is 9.30. The molecular weight excluding hydrogens is 250 g/mol. The van der Waals surface area contributed by atoms with E-state index in [0.29, 0.717) is 5.56 Å². The molecule has 0 fully saturated rings. The Morgan fingerprint density at radius 2 is 1.90 bits per heavy atom. The quantitative estimate of drug-likeness (QED) is 0.919. The highest BCUT2D eigenvalue weighted by Crippen LogP contribution is 2.23. The van der Waals surface area contributed by atoms with E-state index in [0.717, 1.165) is 17.0 Å². The number of nitrogens with one attached hydrogen (secondary N) is 1. The molecule has 2 rings (SSSR count). The van der Waals surface area contributed by atoms with Crippen molar-refractivity contribution in [3.63, 3.8) is 0 Å². The van der Waals surface area contributed by atoms with Gasteiger partial charge in [-0.3, -0.25) is 0 Å². The average Bonchev–Trinajstić information content (AvgIpc) is 2.52.